The average Bonchev–Trinajstić information content (AvgIpc) is 2.97. The highest BCUT2D eigenvalue weighted by Crippen LogP contribution is 2.46. The molecule has 2 atom stereocenters. The Morgan fingerprint density at radius 2 is 0.750 bits per heavy atom. The fourth-order valence-corrected chi connectivity index (χ4v) is 6.24. The number of β-amino-alcohol motifs (C(OH)–C–C–N with tert-alkyl or cyclic N) is 2. The molecule has 0 fully saturated rings. The van der Waals surface area contributed by atoms with Gasteiger partial charge in [-0.1, -0.05) is 24.3 Å². The number of carbonyl (C=O) groups is 4. The van der Waals surface area contributed by atoms with Crippen LogP contribution in [-0.2, 0) is 0 Å². The van der Waals surface area contributed by atoms with Crippen molar-refractivity contribution in [2.75, 3.05) is 26.3 Å². The maximum Gasteiger partial charge on any atom is 0.261 e. The highest BCUT2D eigenvalue weighted by atomic mass is 16.3. The molecule has 10 heteroatoms. The lowest BCUT2D eigenvalue weighted by Gasteiger charge is -2.31. The second-order valence-corrected chi connectivity index (χ2v) is 10.3. The van der Waals surface area contributed by atoms with Crippen molar-refractivity contribution in [3.8, 4) is 0 Å². The smallest absolute Gasteiger partial charge is 0.261 e. The van der Waals surface area contributed by atoms with Crippen LogP contribution in [-0.4, -0.2) is 92.4 Å². The highest BCUT2D eigenvalue weighted by Gasteiger charge is 2.37. The monoisotopic (exact) mass is 538 g/mol. The van der Waals surface area contributed by atoms with Crippen LogP contribution in [0.2, 0.25) is 0 Å². The molecule has 0 spiro atoms. The van der Waals surface area contributed by atoms with Gasteiger partial charge in [-0.3, -0.25) is 29.0 Å². The van der Waals surface area contributed by atoms with Crippen LogP contribution in [0, 0.1) is 0 Å². The summed E-state index contributed by atoms with van der Waals surface area (Å²) in [6.45, 7) is -1.85. The first-order valence-corrected chi connectivity index (χ1v) is 12.8. The van der Waals surface area contributed by atoms with Crippen molar-refractivity contribution in [3.63, 3.8) is 0 Å². The van der Waals surface area contributed by atoms with Gasteiger partial charge in [0.25, 0.3) is 23.6 Å². The van der Waals surface area contributed by atoms with E-state index in [2.05, 4.69) is 0 Å². The fourth-order valence-electron chi connectivity index (χ4n) is 6.24. The molecule has 4 N–H and O–H groups in total. The van der Waals surface area contributed by atoms with Crippen LogP contribution in [0.5, 0.6) is 0 Å². The Morgan fingerprint density at radius 1 is 0.475 bits per heavy atom. The number of aliphatic hydroxyl groups excluding tert-OH is 4. The Balaban J connectivity index is 1.51. The van der Waals surface area contributed by atoms with Gasteiger partial charge in [0.2, 0.25) is 0 Å². The van der Waals surface area contributed by atoms with Gasteiger partial charge in [-0.25, -0.2) is 0 Å². The number of hydrogen-bond acceptors (Lipinski definition) is 8. The van der Waals surface area contributed by atoms with E-state index in [-0.39, 0.29) is 13.1 Å². The Kier molecular flexibility index (Phi) is 5.22. The summed E-state index contributed by atoms with van der Waals surface area (Å²) in [4.78, 5) is 55.4. The Bertz CT molecular complexity index is 1700. The normalized spacial score (nSPS) is 16.8. The molecule has 2 heterocycles. The maximum atomic E-state index is 13.4. The zero-order valence-corrected chi connectivity index (χ0v) is 20.9. The zero-order valence-electron chi connectivity index (χ0n) is 20.9. The molecule has 0 saturated heterocycles. The van der Waals surface area contributed by atoms with Gasteiger partial charge in [0.05, 0.1) is 38.5 Å². The van der Waals surface area contributed by atoms with Gasteiger partial charge in [0, 0.05) is 33.0 Å². The standard InChI is InChI=1S/C30H22N2O8/c33-11-13(35)9-31-27(37)19-5-1-15-16-2-6-21-26-22(30(40)32(29(21)39)10-14(36)12-34)8-4-18(24(16)26)17-3-7-20(28(31)38)25(19)23(15)17/h1-8,13-14,33-36H,9-12H2. The number of amides is 4. The Labute approximate surface area is 225 Å². The summed E-state index contributed by atoms with van der Waals surface area (Å²) < 4.78 is 0. The maximum absolute atomic E-state index is 13.4. The van der Waals surface area contributed by atoms with Crippen molar-refractivity contribution in [2.24, 2.45) is 0 Å². The van der Waals surface area contributed by atoms with Gasteiger partial charge in [0.15, 0.2) is 0 Å². The lowest BCUT2D eigenvalue weighted by Crippen LogP contribution is -2.45. The second-order valence-electron chi connectivity index (χ2n) is 10.3. The molecule has 2 unspecified atom stereocenters. The third-order valence-corrected chi connectivity index (χ3v) is 8.01. The first-order chi connectivity index (χ1) is 19.3. The van der Waals surface area contributed by atoms with Crippen molar-refractivity contribution in [1.29, 1.82) is 0 Å². The summed E-state index contributed by atoms with van der Waals surface area (Å²) in [6, 6.07) is 13.6. The summed E-state index contributed by atoms with van der Waals surface area (Å²) in [6.07, 6.45) is -2.52. The van der Waals surface area contributed by atoms with Crippen molar-refractivity contribution >= 4 is 66.7 Å². The van der Waals surface area contributed by atoms with Crippen molar-refractivity contribution in [2.45, 2.75) is 12.2 Å². The first kappa shape index (κ1) is 24.6. The van der Waals surface area contributed by atoms with Crippen LogP contribution in [0.15, 0.2) is 48.5 Å². The molecular weight excluding hydrogens is 516 g/mol. The largest absolute Gasteiger partial charge is 0.394 e. The van der Waals surface area contributed by atoms with Gasteiger partial charge in [-0.05, 0) is 56.6 Å². The molecule has 200 valence electrons. The SMILES string of the molecule is O=C1c2ccc3c4ccc5c6c(ccc(c7ccc(c2c37)C(=O)N1CC(O)CO)c64)C(=O)N(CC(O)CO)C5=O. The third-order valence-electron chi connectivity index (χ3n) is 8.01. The van der Waals surface area contributed by atoms with Crippen LogP contribution in [0.25, 0.3) is 43.1 Å². The number of aliphatic hydroxyl groups is 4. The van der Waals surface area contributed by atoms with Crippen molar-refractivity contribution in [3.05, 3.63) is 70.8 Å². The average molecular weight is 539 g/mol. The van der Waals surface area contributed by atoms with Gasteiger partial charge in [-0.15, -0.1) is 0 Å². The van der Waals surface area contributed by atoms with E-state index in [1.165, 1.54) is 0 Å². The predicted octanol–water partition coefficient (Wildman–Crippen LogP) is 1.64. The quantitative estimate of drug-likeness (QED) is 0.144. The van der Waals surface area contributed by atoms with E-state index < -0.39 is 49.1 Å². The highest BCUT2D eigenvalue weighted by molar-refractivity contribution is 6.41. The van der Waals surface area contributed by atoms with Gasteiger partial charge in [-0.2, -0.15) is 0 Å². The molecule has 2 aliphatic heterocycles. The summed E-state index contributed by atoms with van der Waals surface area (Å²) in [5.41, 5.74) is 1.21. The number of fused-ring (bicyclic) bond motifs is 2. The Hall–Kier alpha value is -4.48. The number of hydrogen-bond donors (Lipinski definition) is 4. The molecule has 7 rings (SSSR count). The summed E-state index contributed by atoms with van der Waals surface area (Å²) in [5.74, 6) is -2.26. The van der Waals surface area contributed by atoms with Crippen LogP contribution in [0.4, 0.5) is 0 Å². The number of benzene rings is 5. The van der Waals surface area contributed by atoms with Crippen LogP contribution in [0.3, 0.4) is 0 Å². The van der Waals surface area contributed by atoms with Crippen LogP contribution < -0.4 is 0 Å². The lowest BCUT2D eigenvalue weighted by atomic mass is 9.82. The molecule has 0 aliphatic carbocycles. The number of nitrogens with zero attached hydrogens (tertiary/aromatic N) is 2. The molecule has 0 bridgehead atoms. The summed E-state index contributed by atoms with van der Waals surface area (Å²) >= 11 is 0. The van der Waals surface area contributed by atoms with E-state index in [4.69, 9.17) is 0 Å². The zero-order chi connectivity index (χ0) is 28.0. The van der Waals surface area contributed by atoms with E-state index in [0.717, 1.165) is 31.3 Å². The van der Waals surface area contributed by atoms with Gasteiger partial charge < -0.3 is 20.4 Å². The molecule has 0 radical (unpaired) electrons. The number of imide groups is 2. The summed E-state index contributed by atoms with van der Waals surface area (Å²) in [7, 11) is 0. The molecule has 0 saturated carbocycles. The van der Waals surface area contributed by atoms with Crippen molar-refractivity contribution < 1.29 is 39.6 Å². The van der Waals surface area contributed by atoms with E-state index >= 15 is 0 Å². The van der Waals surface area contributed by atoms with E-state index in [1.54, 1.807) is 48.5 Å². The van der Waals surface area contributed by atoms with Crippen molar-refractivity contribution in [1.82, 2.24) is 9.80 Å². The van der Waals surface area contributed by atoms with Crippen LogP contribution >= 0.6 is 0 Å². The fraction of sp³-hybridized carbons (Fsp3) is 0.200. The topological polar surface area (TPSA) is 156 Å². The lowest BCUT2D eigenvalue weighted by molar-refractivity contribution is 0.0383. The molecule has 5 aromatic rings. The molecule has 5 aromatic carbocycles. The third kappa shape index (κ3) is 3.07. The van der Waals surface area contributed by atoms with Gasteiger partial charge >= 0.3 is 0 Å². The number of rotatable bonds is 6. The van der Waals surface area contributed by atoms with Gasteiger partial charge in [0.1, 0.15) is 0 Å². The molecule has 2 aliphatic rings. The number of carbonyl (C=O) groups excluding carboxylic acids is 4. The minimum Gasteiger partial charge on any atom is -0.394 e. The first-order valence-electron chi connectivity index (χ1n) is 12.8. The van der Waals surface area contributed by atoms with E-state index in [9.17, 15) is 39.6 Å². The van der Waals surface area contributed by atoms with E-state index in [0.29, 0.717) is 43.8 Å². The Morgan fingerprint density at radius 3 is 1.00 bits per heavy atom. The minimum atomic E-state index is -1.26. The summed E-state index contributed by atoms with van der Waals surface area (Å²) in [5, 5.41) is 43.7. The molecule has 4 amide bonds. The molecule has 0 aromatic heterocycles. The minimum absolute atomic E-state index is 0.304. The predicted molar refractivity (Wildman–Crippen MR) is 145 cm³/mol. The van der Waals surface area contributed by atoms with E-state index in [1.807, 2.05) is 0 Å². The molecule has 40 heavy (non-hydrogen) atoms. The second kappa shape index (κ2) is 8.51. The van der Waals surface area contributed by atoms with Crippen LogP contribution in [0.1, 0.15) is 41.4 Å². The molecule has 10 nitrogen and oxygen atoms in total. The molecular formula is C30H22N2O8.